The summed E-state index contributed by atoms with van der Waals surface area (Å²) in [6.07, 6.45) is 0.468. The maximum atomic E-state index is 11.3. The van der Waals surface area contributed by atoms with Crippen LogP contribution in [0, 0.1) is 0 Å². The van der Waals surface area contributed by atoms with Crippen molar-refractivity contribution in [2.24, 2.45) is 0 Å². The van der Waals surface area contributed by atoms with Crippen LogP contribution in [-0.2, 0) is 14.3 Å². The van der Waals surface area contributed by atoms with Gasteiger partial charge in [-0.05, 0) is 27.7 Å². The molecule has 0 aromatic carbocycles. The van der Waals surface area contributed by atoms with Gasteiger partial charge in [0.15, 0.2) is 0 Å². The van der Waals surface area contributed by atoms with E-state index in [0.29, 0.717) is 19.6 Å². The van der Waals surface area contributed by atoms with Gasteiger partial charge in [0.2, 0.25) is 0 Å². The molecule has 0 aromatic rings. The molecule has 0 radical (unpaired) electrons. The molecule has 2 atom stereocenters. The molecule has 0 amide bonds. The van der Waals surface area contributed by atoms with Crippen LogP contribution in [0.4, 0.5) is 0 Å². The van der Waals surface area contributed by atoms with Crippen LogP contribution in [0.15, 0.2) is 0 Å². The Morgan fingerprint density at radius 2 is 2.12 bits per heavy atom. The Bertz CT molecular complexity index is 265. The summed E-state index contributed by atoms with van der Waals surface area (Å²) in [5.41, 5.74) is -0.946. The van der Waals surface area contributed by atoms with E-state index in [0.717, 1.165) is 0 Å². The van der Waals surface area contributed by atoms with Gasteiger partial charge < -0.3 is 14.6 Å². The second-order valence-electron chi connectivity index (χ2n) is 5.25. The van der Waals surface area contributed by atoms with Crippen molar-refractivity contribution in [1.29, 1.82) is 0 Å². The first-order chi connectivity index (χ1) is 7.83. The van der Waals surface area contributed by atoms with Crippen LogP contribution in [0.2, 0.25) is 0 Å². The zero-order valence-corrected chi connectivity index (χ0v) is 11.0. The number of rotatable bonds is 7. The number of nitrogens with one attached hydrogen (secondary N) is 1. The van der Waals surface area contributed by atoms with Crippen molar-refractivity contribution in [1.82, 2.24) is 5.32 Å². The molecule has 1 aliphatic rings. The van der Waals surface area contributed by atoms with Gasteiger partial charge >= 0.3 is 5.97 Å². The number of aliphatic carboxylic acids is 1. The SMILES string of the molecule is CC(C)NC(C)(CC(C)OC1COC1)C(=O)O. The standard InChI is InChI=1S/C12H23NO4/c1-8(2)13-12(4,11(14)15)5-9(3)17-10-6-16-7-10/h8-10,13H,5-7H2,1-4H3,(H,14,15). The average Bonchev–Trinajstić information content (AvgIpc) is 2.09. The van der Waals surface area contributed by atoms with Crippen molar-refractivity contribution in [3.05, 3.63) is 0 Å². The Kier molecular flexibility index (Phi) is 4.91. The van der Waals surface area contributed by atoms with Crippen LogP contribution in [0.1, 0.15) is 34.1 Å². The molecule has 5 nitrogen and oxygen atoms in total. The van der Waals surface area contributed by atoms with Gasteiger partial charge in [0.05, 0.1) is 19.3 Å². The molecular formula is C12H23NO4. The van der Waals surface area contributed by atoms with E-state index in [1.165, 1.54) is 0 Å². The molecule has 1 heterocycles. The molecular weight excluding hydrogens is 222 g/mol. The first-order valence-electron chi connectivity index (χ1n) is 6.08. The molecule has 1 rings (SSSR count). The highest BCUT2D eigenvalue weighted by Gasteiger charge is 2.36. The third-order valence-corrected chi connectivity index (χ3v) is 2.81. The van der Waals surface area contributed by atoms with Gasteiger partial charge in [-0.25, -0.2) is 0 Å². The minimum absolute atomic E-state index is 0.101. The Morgan fingerprint density at radius 3 is 2.47 bits per heavy atom. The predicted octanol–water partition coefficient (Wildman–Crippen LogP) is 1.02. The maximum absolute atomic E-state index is 11.3. The number of carboxylic acid groups (broad SMARTS) is 1. The van der Waals surface area contributed by atoms with Crippen molar-refractivity contribution in [3.8, 4) is 0 Å². The third-order valence-electron chi connectivity index (χ3n) is 2.81. The lowest BCUT2D eigenvalue weighted by Crippen LogP contribution is -2.54. The summed E-state index contributed by atoms with van der Waals surface area (Å²) in [6.45, 7) is 8.71. The summed E-state index contributed by atoms with van der Waals surface area (Å²) in [7, 11) is 0. The van der Waals surface area contributed by atoms with Crippen LogP contribution in [-0.4, -0.2) is 48.1 Å². The molecule has 1 fully saturated rings. The van der Waals surface area contributed by atoms with Crippen LogP contribution < -0.4 is 5.32 Å². The first kappa shape index (κ1) is 14.4. The van der Waals surface area contributed by atoms with Crippen molar-refractivity contribution in [3.63, 3.8) is 0 Å². The smallest absolute Gasteiger partial charge is 0.323 e. The summed E-state index contributed by atoms with van der Waals surface area (Å²) in [4.78, 5) is 11.3. The van der Waals surface area contributed by atoms with Gasteiger partial charge in [-0.2, -0.15) is 0 Å². The maximum Gasteiger partial charge on any atom is 0.323 e. The highest BCUT2D eigenvalue weighted by Crippen LogP contribution is 2.19. The first-order valence-corrected chi connectivity index (χ1v) is 6.08. The normalized spacial score (nSPS) is 21.9. The molecule has 1 aliphatic heterocycles. The number of carbonyl (C=O) groups is 1. The van der Waals surface area contributed by atoms with Gasteiger partial charge in [-0.3, -0.25) is 10.1 Å². The lowest BCUT2D eigenvalue weighted by molar-refractivity contribution is -0.162. The molecule has 17 heavy (non-hydrogen) atoms. The number of hydrogen-bond donors (Lipinski definition) is 2. The molecule has 1 saturated heterocycles. The summed E-state index contributed by atoms with van der Waals surface area (Å²) >= 11 is 0. The van der Waals surface area contributed by atoms with Gasteiger partial charge in [0.1, 0.15) is 11.6 Å². The highest BCUT2D eigenvalue weighted by molar-refractivity contribution is 5.78. The third kappa shape index (κ3) is 4.26. The Balaban J connectivity index is 2.49. The molecule has 2 unspecified atom stereocenters. The van der Waals surface area contributed by atoms with Gasteiger partial charge in [-0.15, -0.1) is 0 Å². The van der Waals surface area contributed by atoms with E-state index in [2.05, 4.69) is 5.32 Å². The van der Waals surface area contributed by atoms with Gasteiger partial charge in [0.25, 0.3) is 0 Å². The minimum Gasteiger partial charge on any atom is -0.480 e. The molecule has 2 N–H and O–H groups in total. The molecule has 5 heteroatoms. The average molecular weight is 245 g/mol. The highest BCUT2D eigenvalue weighted by atomic mass is 16.6. The van der Waals surface area contributed by atoms with Crippen molar-refractivity contribution >= 4 is 5.97 Å². The van der Waals surface area contributed by atoms with Gasteiger partial charge in [-0.1, -0.05) is 0 Å². The number of carboxylic acids is 1. The van der Waals surface area contributed by atoms with Crippen LogP contribution in [0.3, 0.4) is 0 Å². The summed E-state index contributed by atoms with van der Waals surface area (Å²) in [6, 6.07) is 0.121. The molecule has 0 bridgehead atoms. The second-order valence-corrected chi connectivity index (χ2v) is 5.25. The largest absolute Gasteiger partial charge is 0.480 e. The van der Waals surface area contributed by atoms with E-state index in [-0.39, 0.29) is 18.2 Å². The monoisotopic (exact) mass is 245 g/mol. The van der Waals surface area contributed by atoms with Gasteiger partial charge in [0, 0.05) is 12.5 Å². The summed E-state index contributed by atoms with van der Waals surface area (Å²) in [5.74, 6) is -0.841. The zero-order valence-electron chi connectivity index (χ0n) is 11.0. The lowest BCUT2D eigenvalue weighted by Gasteiger charge is -2.34. The van der Waals surface area contributed by atoms with E-state index < -0.39 is 11.5 Å². The summed E-state index contributed by atoms with van der Waals surface area (Å²) < 4.78 is 10.7. The lowest BCUT2D eigenvalue weighted by atomic mass is 9.93. The van der Waals surface area contributed by atoms with Crippen molar-refractivity contribution in [2.75, 3.05) is 13.2 Å². The zero-order chi connectivity index (χ0) is 13.1. The van der Waals surface area contributed by atoms with Crippen LogP contribution in [0.25, 0.3) is 0 Å². The fourth-order valence-electron chi connectivity index (χ4n) is 2.09. The number of ether oxygens (including phenoxy) is 2. The van der Waals surface area contributed by atoms with E-state index in [4.69, 9.17) is 9.47 Å². The Labute approximate surface area is 102 Å². The van der Waals surface area contributed by atoms with Crippen LogP contribution in [0.5, 0.6) is 0 Å². The van der Waals surface area contributed by atoms with Crippen LogP contribution >= 0.6 is 0 Å². The van der Waals surface area contributed by atoms with E-state index in [9.17, 15) is 9.90 Å². The van der Waals surface area contributed by atoms with E-state index in [1.54, 1.807) is 6.92 Å². The Hall–Kier alpha value is -0.650. The quantitative estimate of drug-likeness (QED) is 0.701. The molecule has 0 saturated carbocycles. The molecule has 0 spiro atoms. The number of hydrogen-bond acceptors (Lipinski definition) is 4. The fourth-order valence-corrected chi connectivity index (χ4v) is 2.09. The Morgan fingerprint density at radius 1 is 1.53 bits per heavy atom. The molecule has 100 valence electrons. The minimum atomic E-state index is -0.946. The molecule has 0 aromatic heterocycles. The van der Waals surface area contributed by atoms with Crippen molar-refractivity contribution in [2.45, 2.75) is 57.9 Å². The van der Waals surface area contributed by atoms with Crippen molar-refractivity contribution < 1.29 is 19.4 Å². The molecule has 0 aliphatic carbocycles. The predicted molar refractivity (Wildman–Crippen MR) is 64.1 cm³/mol. The topological polar surface area (TPSA) is 67.8 Å². The second kappa shape index (κ2) is 5.80. The fraction of sp³-hybridized carbons (Fsp3) is 0.917. The van der Waals surface area contributed by atoms with E-state index >= 15 is 0 Å². The summed E-state index contributed by atoms with van der Waals surface area (Å²) in [5, 5.41) is 12.4. The van der Waals surface area contributed by atoms with E-state index in [1.807, 2.05) is 20.8 Å².